The molecule has 3 nitrogen and oxygen atoms in total. The monoisotopic (exact) mass is 165 g/mol. The molecule has 0 atom stereocenters. The van der Waals surface area contributed by atoms with E-state index in [0.29, 0.717) is 5.54 Å². The first-order valence-corrected chi connectivity index (χ1v) is 4.47. The highest BCUT2D eigenvalue weighted by Crippen LogP contribution is 2.31. The van der Waals surface area contributed by atoms with E-state index in [0.717, 1.165) is 12.4 Å². The van der Waals surface area contributed by atoms with Crippen LogP contribution >= 0.6 is 0 Å². The summed E-state index contributed by atoms with van der Waals surface area (Å²) in [5.41, 5.74) is 0.298. The molecule has 2 rings (SSSR count). The number of rotatable bonds is 1. The van der Waals surface area contributed by atoms with E-state index < -0.39 is 0 Å². The van der Waals surface area contributed by atoms with Crippen molar-refractivity contribution in [2.24, 2.45) is 0 Å². The van der Waals surface area contributed by atoms with Crippen molar-refractivity contribution in [3.63, 3.8) is 0 Å². The minimum absolute atomic E-state index is 0.298. The van der Waals surface area contributed by atoms with Gasteiger partial charge in [-0.25, -0.2) is 0 Å². The number of hydrogen-bond donors (Lipinski definition) is 1. The molecule has 1 aliphatic heterocycles. The highest BCUT2D eigenvalue weighted by atomic mass is 15.3. The molecule has 1 aromatic rings. The van der Waals surface area contributed by atoms with Crippen LogP contribution in [0.15, 0.2) is 12.3 Å². The number of anilines is 1. The minimum Gasteiger partial charge on any atom is -0.352 e. The normalized spacial score (nSPS) is 21.7. The van der Waals surface area contributed by atoms with Gasteiger partial charge in [0.25, 0.3) is 0 Å². The zero-order valence-corrected chi connectivity index (χ0v) is 7.67. The van der Waals surface area contributed by atoms with E-state index in [1.54, 1.807) is 0 Å². The zero-order valence-electron chi connectivity index (χ0n) is 7.67. The molecular formula is C9H15N3. The lowest BCUT2D eigenvalue weighted by Gasteiger charge is -2.31. The van der Waals surface area contributed by atoms with Crippen molar-refractivity contribution in [1.29, 1.82) is 0 Å². The molecule has 3 heteroatoms. The van der Waals surface area contributed by atoms with Gasteiger partial charge in [0.15, 0.2) is 0 Å². The largest absolute Gasteiger partial charge is 0.352 e. The SMILES string of the molecule is CC1(C)CCCN1c1ccn[nH]1. The quantitative estimate of drug-likeness (QED) is 0.688. The molecule has 1 N–H and O–H groups in total. The molecule has 1 aliphatic rings. The Morgan fingerprint density at radius 1 is 1.58 bits per heavy atom. The van der Waals surface area contributed by atoms with E-state index in [-0.39, 0.29) is 0 Å². The van der Waals surface area contributed by atoms with Crippen LogP contribution in [0.4, 0.5) is 5.82 Å². The van der Waals surface area contributed by atoms with Crippen LogP contribution in [0, 0.1) is 0 Å². The van der Waals surface area contributed by atoms with E-state index >= 15 is 0 Å². The van der Waals surface area contributed by atoms with Crippen molar-refractivity contribution in [3.8, 4) is 0 Å². The summed E-state index contributed by atoms with van der Waals surface area (Å²) in [7, 11) is 0. The summed E-state index contributed by atoms with van der Waals surface area (Å²) in [5.74, 6) is 1.15. The fourth-order valence-corrected chi connectivity index (χ4v) is 1.95. The van der Waals surface area contributed by atoms with E-state index in [1.807, 2.05) is 12.3 Å². The second-order valence-corrected chi connectivity index (χ2v) is 4.01. The summed E-state index contributed by atoms with van der Waals surface area (Å²) >= 11 is 0. The van der Waals surface area contributed by atoms with Crippen LogP contribution < -0.4 is 4.90 Å². The topological polar surface area (TPSA) is 31.9 Å². The lowest BCUT2D eigenvalue weighted by Crippen LogP contribution is -2.38. The molecule has 66 valence electrons. The van der Waals surface area contributed by atoms with Crippen molar-refractivity contribution in [3.05, 3.63) is 12.3 Å². The molecule has 12 heavy (non-hydrogen) atoms. The third-order valence-electron chi connectivity index (χ3n) is 2.68. The van der Waals surface area contributed by atoms with Crippen molar-refractivity contribution in [2.45, 2.75) is 32.2 Å². The van der Waals surface area contributed by atoms with Gasteiger partial charge in [0.1, 0.15) is 5.82 Å². The molecule has 0 radical (unpaired) electrons. The van der Waals surface area contributed by atoms with Gasteiger partial charge in [-0.1, -0.05) is 0 Å². The lowest BCUT2D eigenvalue weighted by atomic mass is 10.0. The van der Waals surface area contributed by atoms with Crippen LogP contribution in [-0.4, -0.2) is 22.3 Å². The number of nitrogens with zero attached hydrogens (tertiary/aromatic N) is 2. The predicted octanol–water partition coefficient (Wildman–Crippen LogP) is 1.79. The van der Waals surface area contributed by atoms with Crippen LogP contribution in [-0.2, 0) is 0 Å². The fraction of sp³-hybridized carbons (Fsp3) is 0.667. The van der Waals surface area contributed by atoms with Gasteiger partial charge in [0.2, 0.25) is 0 Å². The van der Waals surface area contributed by atoms with E-state index in [4.69, 9.17) is 0 Å². The Labute approximate surface area is 72.8 Å². The molecule has 0 unspecified atom stereocenters. The third kappa shape index (κ3) is 1.09. The summed E-state index contributed by atoms with van der Waals surface area (Å²) < 4.78 is 0. The maximum absolute atomic E-state index is 3.97. The number of hydrogen-bond acceptors (Lipinski definition) is 2. The van der Waals surface area contributed by atoms with E-state index in [2.05, 4.69) is 28.9 Å². The lowest BCUT2D eigenvalue weighted by molar-refractivity contribution is 0.514. The Kier molecular flexibility index (Phi) is 1.60. The highest BCUT2D eigenvalue weighted by molar-refractivity contribution is 5.41. The Morgan fingerprint density at radius 2 is 2.42 bits per heavy atom. The molecule has 1 aromatic heterocycles. The molecular weight excluding hydrogens is 150 g/mol. The van der Waals surface area contributed by atoms with Gasteiger partial charge in [-0.15, -0.1) is 0 Å². The Morgan fingerprint density at radius 3 is 2.92 bits per heavy atom. The Bertz CT molecular complexity index is 251. The summed E-state index contributed by atoms with van der Waals surface area (Å²) in [6, 6.07) is 2.03. The van der Waals surface area contributed by atoms with Gasteiger partial charge >= 0.3 is 0 Å². The molecule has 0 saturated carbocycles. The minimum atomic E-state index is 0.298. The summed E-state index contributed by atoms with van der Waals surface area (Å²) in [6.45, 7) is 5.71. The van der Waals surface area contributed by atoms with E-state index in [1.165, 1.54) is 12.8 Å². The number of nitrogens with one attached hydrogen (secondary N) is 1. The summed E-state index contributed by atoms with van der Waals surface area (Å²) in [6.07, 6.45) is 4.36. The summed E-state index contributed by atoms with van der Waals surface area (Å²) in [4.78, 5) is 2.39. The standard InChI is InChI=1S/C9H15N3/c1-9(2)5-3-7-12(9)8-4-6-10-11-8/h4,6H,3,5,7H2,1-2H3,(H,10,11). The van der Waals surface area contributed by atoms with Gasteiger partial charge in [-0.2, -0.15) is 5.10 Å². The molecule has 0 aromatic carbocycles. The maximum atomic E-state index is 3.97. The van der Waals surface area contributed by atoms with Crippen molar-refractivity contribution in [2.75, 3.05) is 11.4 Å². The molecule has 1 fully saturated rings. The van der Waals surface area contributed by atoms with Crippen molar-refractivity contribution < 1.29 is 0 Å². The van der Waals surface area contributed by atoms with Gasteiger partial charge in [-0.3, -0.25) is 5.10 Å². The molecule has 2 heterocycles. The van der Waals surface area contributed by atoms with Crippen molar-refractivity contribution >= 4 is 5.82 Å². The number of aromatic amines is 1. The first-order valence-electron chi connectivity index (χ1n) is 4.47. The maximum Gasteiger partial charge on any atom is 0.124 e. The van der Waals surface area contributed by atoms with Gasteiger partial charge in [-0.05, 0) is 26.7 Å². The van der Waals surface area contributed by atoms with Crippen LogP contribution in [0.3, 0.4) is 0 Å². The molecule has 0 aliphatic carbocycles. The molecule has 0 spiro atoms. The van der Waals surface area contributed by atoms with E-state index in [9.17, 15) is 0 Å². The first-order chi connectivity index (χ1) is 5.70. The Hall–Kier alpha value is -0.990. The highest BCUT2D eigenvalue weighted by Gasteiger charge is 2.32. The van der Waals surface area contributed by atoms with Gasteiger partial charge in [0.05, 0.1) is 6.20 Å². The molecule has 0 bridgehead atoms. The third-order valence-corrected chi connectivity index (χ3v) is 2.68. The van der Waals surface area contributed by atoms with Crippen molar-refractivity contribution in [1.82, 2.24) is 10.2 Å². The fourth-order valence-electron chi connectivity index (χ4n) is 1.95. The molecule has 1 saturated heterocycles. The second kappa shape index (κ2) is 2.51. The average Bonchev–Trinajstić information content (AvgIpc) is 2.55. The summed E-state index contributed by atoms with van der Waals surface area (Å²) in [5, 5.41) is 6.98. The van der Waals surface area contributed by atoms with Gasteiger partial charge < -0.3 is 4.90 Å². The van der Waals surface area contributed by atoms with Crippen LogP contribution in [0.2, 0.25) is 0 Å². The number of H-pyrrole nitrogens is 1. The zero-order chi connectivity index (χ0) is 8.60. The smallest absolute Gasteiger partial charge is 0.124 e. The van der Waals surface area contributed by atoms with Crippen LogP contribution in [0.25, 0.3) is 0 Å². The predicted molar refractivity (Wildman–Crippen MR) is 49.2 cm³/mol. The van der Waals surface area contributed by atoms with Gasteiger partial charge in [0, 0.05) is 18.2 Å². The first kappa shape index (κ1) is 7.65. The van der Waals surface area contributed by atoms with Crippen LogP contribution in [0.5, 0.6) is 0 Å². The Balaban J connectivity index is 2.25. The average molecular weight is 165 g/mol. The van der Waals surface area contributed by atoms with Crippen LogP contribution in [0.1, 0.15) is 26.7 Å². The second-order valence-electron chi connectivity index (χ2n) is 4.01. The molecule has 0 amide bonds. The number of aromatic nitrogens is 2.